The number of nitrogens with zero attached hydrogens (tertiary/aromatic N) is 2. The van der Waals surface area contributed by atoms with Crippen molar-refractivity contribution in [1.82, 2.24) is 9.55 Å². The van der Waals surface area contributed by atoms with Gasteiger partial charge >= 0.3 is 0 Å². The van der Waals surface area contributed by atoms with E-state index in [0.717, 1.165) is 48.9 Å². The third-order valence-electron chi connectivity index (χ3n) is 8.21. The van der Waals surface area contributed by atoms with Crippen molar-refractivity contribution in [2.24, 2.45) is 0 Å². The second kappa shape index (κ2) is 11.4. The Bertz CT molecular complexity index is 1660. The fraction of sp³-hybridized carbons (Fsp3) is 0.303. The molecule has 4 aromatic rings. The average Bonchev–Trinajstić information content (AvgIpc) is 3.00. The molecule has 2 aliphatic carbocycles. The van der Waals surface area contributed by atoms with Crippen LogP contribution in [0.2, 0.25) is 0 Å². The summed E-state index contributed by atoms with van der Waals surface area (Å²) in [5.41, 5.74) is 4.72. The number of anilines is 1. The van der Waals surface area contributed by atoms with Crippen molar-refractivity contribution in [3.63, 3.8) is 0 Å². The maximum atomic E-state index is 14.7. The van der Waals surface area contributed by atoms with Gasteiger partial charge in [0, 0.05) is 22.7 Å². The van der Waals surface area contributed by atoms with Gasteiger partial charge in [-0.25, -0.2) is 4.98 Å². The van der Waals surface area contributed by atoms with Crippen molar-refractivity contribution < 1.29 is 14.3 Å². The van der Waals surface area contributed by atoms with Crippen LogP contribution in [-0.2, 0) is 16.6 Å². The normalized spacial score (nSPS) is 15.1. The monoisotopic (exact) mass is 567 g/mol. The minimum atomic E-state index is -0.247. The molecule has 0 unspecified atom stereocenters. The highest BCUT2D eigenvalue weighted by Gasteiger charge is 2.43. The molecule has 0 atom stereocenters. The quantitative estimate of drug-likeness (QED) is 0.205. The van der Waals surface area contributed by atoms with Gasteiger partial charge in [-0.15, -0.1) is 0 Å². The van der Waals surface area contributed by atoms with Crippen LogP contribution in [0.5, 0.6) is 11.5 Å². The van der Waals surface area contributed by atoms with Gasteiger partial charge in [-0.3, -0.25) is 14.2 Å². The number of hydrogen-bond donors (Lipinski definition) is 1. The smallest absolute Gasteiger partial charge is 0.263 e. The number of methoxy groups -OCH3 is 2. The van der Waals surface area contributed by atoms with Crippen molar-refractivity contribution in [3.8, 4) is 28.4 Å². The number of carbonyl (C=O) groups is 1. The molecule has 8 heteroatoms. The Hall–Kier alpha value is -4.04. The van der Waals surface area contributed by atoms with Crippen molar-refractivity contribution in [2.45, 2.75) is 49.1 Å². The van der Waals surface area contributed by atoms with Gasteiger partial charge < -0.3 is 14.8 Å². The second-order valence-electron chi connectivity index (χ2n) is 10.7. The van der Waals surface area contributed by atoms with E-state index in [1.54, 1.807) is 24.9 Å². The molecule has 210 valence electrons. The predicted molar refractivity (Wildman–Crippen MR) is 163 cm³/mol. The maximum absolute atomic E-state index is 14.7. The summed E-state index contributed by atoms with van der Waals surface area (Å²) < 4.78 is 12.6. The fourth-order valence-electron chi connectivity index (χ4n) is 6.34. The lowest BCUT2D eigenvalue weighted by Gasteiger charge is -2.42. The first-order valence-corrected chi connectivity index (χ1v) is 15.0. The van der Waals surface area contributed by atoms with E-state index < -0.39 is 0 Å². The lowest BCUT2D eigenvalue weighted by Crippen LogP contribution is -2.43. The number of fused-ring (bicyclic) bond motifs is 4. The van der Waals surface area contributed by atoms with Crippen LogP contribution in [-0.4, -0.2) is 35.4 Å². The summed E-state index contributed by atoms with van der Waals surface area (Å²) in [6.45, 7) is 0. The Balaban J connectivity index is 1.47. The number of thioether (sulfide) groups is 1. The molecule has 7 nitrogen and oxygen atoms in total. The van der Waals surface area contributed by atoms with E-state index in [4.69, 9.17) is 14.5 Å². The first-order valence-electron chi connectivity index (χ1n) is 14.0. The van der Waals surface area contributed by atoms with Crippen LogP contribution in [0.25, 0.3) is 16.9 Å². The summed E-state index contributed by atoms with van der Waals surface area (Å²) in [6, 6.07) is 23.0. The Kier molecular flexibility index (Phi) is 7.58. The van der Waals surface area contributed by atoms with Gasteiger partial charge in [0.05, 0.1) is 36.9 Å². The molecule has 1 aromatic heterocycles. The topological polar surface area (TPSA) is 82.5 Å². The van der Waals surface area contributed by atoms with Crippen LogP contribution in [0.1, 0.15) is 43.2 Å². The summed E-state index contributed by atoms with van der Waals surface area (Å²) in [6.07, 6.45) is 6.14. The molecule has 1 heterocycles. The van der Waals surface area contributed by atoms with Gasteiger partial charge in [-0.2, -0.15) is 0 Å². The third kappa shape index (κ3) is 5.12. The van der Waals surface area contributed by atoms with E-state index in [1.807, 2.05) is 48.5 Å². The highest BCUT2D eigenvalue weighted by Crippen LogP contribution is 2.49. The van der Waals surface area contributed by atoms with Crippen LogP contribution in [0.15, 0.2) is 82.7 Å². The lowest BCUT2D eigenvalue weighted by atomic mass is 9.62. The second-order valence-corrected chi connectivity index (χ2v) is 11.6. The number of rotatable bonds is 7. The summed E-state index contributed by atoms with van der Waals surface area (Å²) >= 11 is 1.25. The molecule has 1 saturated carbocycles. The van der Waals surface area contributed by atoms with Crippen molar-refractivity contribution in [1.29, 1.82) is 0 Å². The standard InChI is InChI=1S/C33H33N3O4S/c1-39-24-13-10-12-23(19-24)34-28(37)21-41-32-35-30-25-14-5-4-11-22(25)20-33(17-8-3-9-18-33)29(30)31(38)36(32)26-15-6-7-16-27(26)40-2/h4-7,10-16,19H,3,8-9,17-18,20-21H2,1-2H3,(H,34,37). The molecule has 1 fully saturated rings. The zero-order valence-corrected chi connectivity index (χ0v) is 24.1. The highest BCUT2D eigenvalue weighted by atomic mass is 32.2. The minimum Gasteiger partial charge on any atom is -0.497 e. The molecule has 2 aliphatic rings. The molecule has 0 aliphatic heterocycles. The van der Waals surface area contributed by atoms with Crippen LogP contribution in [0.3, 0.4) is 0 Å². The molecule has 1 spiro atoms. The van der Waals surface area contributed by atoms with E-state index in [-0.39, 0.29) is 22.6 Å². The van der Waals surface area contributed by atoms with E-state index in [1.165, 1.54) is 23.7 Å². The fourth-order valence-corrected chi connectivity index (χ4v) is 7.14. The number of aromatic nitrogens is 2. The number of nitrogens with one attached hydrogen (secondary N) is 1. The minimum absolute atomic E-state index is 0.0738. The first kappa shape index (κ1) is 27.1. The molecule has 1 amide bonds. The molecule has 3 aromatic carbocycles. The summed E-state index contributed by atoms with van der Waals surface area (Å²) in [7, 11) is 3.19. The maximum Gasteiger partial charge on any atom is 0.263 e. The Morgan fingerprint density at radius 2 is 1.76 bits per heavy atom. The molecule has 0 saturated heterocycles. The molecule has 0 radical (unpaired) electrons. The van der Waals surface area contributed by atoms with Crippen LogP contribution in [0.4, 0.5) is 5.69 Å². The van der Waals surface area contributed by atoms with Gasteiger partial charge in [0.2, 0.25) is 5.91 Å². The van der Waals surface area contributed by atoms with E-state index in [0.29, 0.717) is 28.0 Å². The van der Waals surface area contributed by atoms with E-state index >= 15 is 0 Å². The van der Waals surface area contributed by atoms with Crippen molar-refractivity contribution in [3.05, 3.63) is 94.3 Å². The van der Waals surface area contributed by atoms with Gasteiger partial charge in [0.25, 0.3) is 5.56 Å². The zero-order chi connectivity index (χ0) is 28.4. The number of para-hydroxylation sites is 2. The molecule has 1 N–H and O–H groups in total. The zero-order valence-electron chi connectivity index (χ0n) is 23.3. The lowest BCUT2D eigenvalue weighted by molar-refractivity contribution is -0.113. The van der Waals surface area contributed by atoms with E-state index in [2.05, 4.69) is 23.5 Å². The number of carbonyl (C=O) groups excluding carboxylic acids is 1. The SMILES string of the molecule is COc1cccc(NC(=O)CSc2nc3c(c(=O)n2-c2ccccc2OC)C2(CCCCC2)Cc2ccccc2-3)c1. The van der Waals surface area contributed by atoms with Gasteiger partial charge in [-0.05, 0) is 49.1 Å². The first-order chi connectivity index (χ1) is 20.0. The summed E-state index contributed by atoms with van der Waals surface area (Å²) in [4.78, 5) is 33.0. The largest absolute Gasteiger partial charge is 0.497 e. The predicted octanol–water partition coefficient (Wildman–Crippen LogP) is 6.41. The van der Waals surface area contributed by atoms with Crippen LogP contribution >= 0.6 is 11.8 Å². The van der Waals surface area contributed by atoms with Gasteiger partial charge in [-0.1, -0.05) is 73.5 Å². The number of benzene rings is 3. The van der Waals surface area contributed by atoms with E-state index in [9.17, 15) is 9.59 Å². The molecule has 0 bridgehead atoms. The molecule has 41 heavy (non-hydrogen) atoms. The Labute approximate surface area is 243 Å². The molecular weight excluding hydrogens is 534 g/mol. The summed E-state index contributed by atoms with van der Waals surface area (Å²) in [5.74, 6) is 1.11. The molecular formula is C33H33N3O4S. The van der Waals surface area contributed by atoms with Crippen molar-refractivity contribution >= 4 is 23.4 Å². The molecule has 6 rings (SSSR count). The number of amides is 1. The Morgan fingerprint density at radius 3 is 2.56 bits per heavy atom. The van der Waals surface area contributed by atoms with Gasteiger partial charge in [0.15, 0.2) is 5.16 Å². The van der Waals surface area contributed by atoms with Gasteiger partial charge in [0.1, 0.15) is 11.5 Å². The third-order valence-corrected chi connectivity index (χ3v) is 9.15. The number of ether oxygens (including phenoxy) is 2. The Morgan fingerprint density at radius 1 is 0.976 bits per heavy atom. The summed E-state index contributed by atoms with van der Waals surface area (Å²) in [5, 5.41) is 3.39. The highest BCUT2D eigenvalue weighted by molar-refractivity contribution is 7.99. The van der Waals surface area contributed by atoms with Crippen LogP contribution < -0.4 is 20.3 Å². The number of hydrogen-bond acceptors (Lipinski definition) is 6. The average molecular weight is 568 g/mol. The van der Waals surface area contributed by atoms with Crippen molar-refractivity contribution in [2.75, 3.05) is 25.3 Å². The van der Waals surface area contributed by atoms with Crippen LogP contribution in [0, 0.1) is 0 Å².